The van der Waals surface area contributed by atoms with Crippen LogP contribution in [0, 0.1) is 5.41 Å². The average molecular weight is 263 g/mol. The summed E-state index contributed by atoms with van der Waals surface area (Å²) in [5, 5.41) is 9.01. The largest absolute Gasteiger partial charge is 0.465 e. The summed E-state index contributed by atoms with van der Waals surface area (Å²) in [7, 11) is 0. The Hall–Kier alpha value is -1.52. The number of aromatic nitrogens is 2. The van der Waals surface area contributed by atoms with Gasteiger partial charge in [0, 0.05) is 31.5 Å². The number of hydrogen-bond donors (Lipinski definition) is 1. The van der Waals surface area contributed by atoms with Crippen LogP contribution in [0.25, 0.3) is 0 Å². The first-order valence-electron chi connectivity index (χ1n) is 7.14. The van der Waals surface area contributed by atoms with E-state index in [1.807, 2.05) is 12.5 Å². The first-order chi connectivity index (χ1) is 9.19. The third-order valence-electron chi connectivity index (χ3n) is 5.06. The maximum Gasteiger partial charge on any atom is 0.407 e. The Labute approximate surface area is 113 Å². The van der Waals surface area contributed by atoms with Crippen molar-refractivity contribution in [1.29, 1.82) is 0 Å². The standard InChI is InChI=1S/C14H21N3O2/c18-13(19)16-8-5-14(6-9-16)3-1-12(2-4-14)17-10-7-15-11-17/h7,10-12H,1-6,8-9H2,(H,18,19). The maximum atomic E-state index is 10.9. The number of piperidine rings is 1. The summed E-state index contributed by atoms with van der Waals surface area (Å²) in [5.41, 5.74) is 0.406. The van der Waals surface area contributed by atoms with E-state index in [4.69, 9.17) is 5.11 Å². The number of hydrogen-bond acceptors (Lipinski definition) is 2. The molecule has 104 valence electrons. The number of rotatable bonds is 1. The van der Waals surface area contributed by atoms with Crippen molar-refractivity contribution in [2.24, 2.45) is 5.41 Å². The maximum absolute atomic E-state index is 10.9. The Morgan fingerprint density at radius 1 is 1.21 bits per heavy atom. The number of carboxylic acid groups (broad SMARTS) is 1. The molecule has 1 spiro atoms. The summed E-state index contributed by atoms with van der Waals surface area (Å²) < 4.78 is 2.22. The second kappa shape index (κ2) is 4.87. The molecule has 19 heavy (non-hydrogen) atoms. The van der Waals surface area contributed by atoms with E-state index in [1.54, 1.807) is 4.90 Å². The number of carbonyl (C=O) groups is 1. The quantitative estimate of drug-likeness (QED) is 0.847. The zero-order valence-corrected chi connectivity index (χ0v) is 11.2. The van der Waals surface area contributed by atoms with Crippen LogP contribution in [0.4, 0.5) is 4.79 Å². The van der Waals surface area contributed by atoms with Crippen molar-refractivity contribution < 1.29 is 9.90 Å². The molecule has 0 radical (unpaired) electrons. The smallest absolute Gasteiger partial charge is 0.407 e. The van der Waals surface area contributed by atoms with Crippen molar-refractivity contribution >= 4 is 6.09 Å². The van der Waals surface area contributed by atoms with Gasteiger partial charge in [0.05, 0.1) is 6.33 Å². The van der Waals surface area contributed by atoms with Gasteiger partial charge in [-0.05, 0) is 43.9 Å². The summed E-state index contributed by atoms with van der Waals surface area (Å²) >= 11 is 0. The van der Waals surface area contributed by atoms with E-state index in [9.17, 15) is 4.79 Å². The molecule has 2 heterocycles. The minimum atomic E-state index is -0.762. The molecule has 2 fully saturated rings. The van der Waals surface area contributed by atoms with E-state index >= 15 is 0 Å². The first-order valence-corrected chi connectivity index (χ1v) is 7.14. The van der Waals surface area contributed by atoms with Gasteiger partial charge in [0.2, 0.25) is 0 Å². The van der Waals surface area contributed by atoms with Crippen LogP contribution in [0.3, 0.4) is 0 Å². The molecular weight excluding hydrogens is 242 g/mol. The van der Waals surface area contributed by atoms with Crippen molar-refractivity contribution in [2.75, 3.05) is 13.1 Å². The zero-order valence-electron chi connectivity index (χ0n) is 11.2. The Balaban J connectivity index is 1.57. The highest BCUT2D eigenvalue weighted by molar-refractivity contribution is 5.65. The van der Waals surface area contributed by atoms with Gasteiger partial charge in [-0.3, -0.25) is 0 Å². The van der Waals surface area contributed by atoms with E-state index in [-0.39, 0.29) is 0 Å². The lowest BCUT2D eigenvalue weighted by molar-refractivity contribution is 0.0532. The van der Waals surface area contributed by atoms with E-state index < -0.39 is 6.09 Å². The molecule has 1 aromatic rings. The topological polar surface area (TPSA) is 58.4 Å². The van der Waals surface area contributed by atoms with Crippen molar-refractivity contribution in [1.82, 2.24) is 14.5 Å². The molecule has 0 bridgehead atoms. The highest BCUT2D eigenvalue weighted by Crippen LogP contribution is 2.47. The van der Waals surface area contributed by atoms with E-state index in [2.05, 4.69) is 15.7 Å². The highest BCUT2D eigenvalue weighted by atomic mass is 16.4. The summed E-state index contributed by atoms with van der Waals surface area (Å²) in [6.45, 7) is 1.43. The SMILES string of the molecule is O=C(O)N1CCC2(CCC(n3ccnc3)CC2)CC1. The summed E-state index contributed by atoms with van der Waals surface area (Å²) in [6, 6.07) is 0.589. The van der Waals surface area contributed by atoms with Crippen LogP contribution >= 0.6 is 0 Å². The molecule has 1 aliphatic carbocycles. The van der Waals surface area contributed by atoms with Crippen LogP contribution in [0.5, 0.6) is 0 Å². The predicted octanol–water partition coefficient (Wildman–Crippen LogP) is 2.76. The summed E-state index contributed by atoms with van der Waals surface area (Å²) in [4.78, 5) is 16.6. The molecule has 0 aromatic carbocycles. The molecule has 1 aliphatic heterocycles. The van der Waals surface area contributed by atoms with Gasteiger partial charge in [-0.25, -0.2) is 9.78 Å². The van der Waals surface area contributed by atoms with Crippen molar-refractivity contribution in [3.05, 3.63) is 18.7 Å². The Morgan fingerprint density at radius 3 is 2.42 bits per heavy atom. The molecule has 1 saturated carbocycles. The third kappa shape index (κ3) is 2.46. The van der Waals surface area contributed by atoms with E-state index in [0.717, 1.165) is 12.8 Å². The molecule has 1 saturated heterocycles. The van der Waals surface area contributed by atoms with E-state index in [0.29, 0.717) is 24.5 Å². The number of nitrogens with zero attached hydrogens (tertiary/aromatic N) is 3. The lowest BCUT2D eigenvalue weighted by Gasteiger charge is -2.45. The van der Waals surface area contributed by atoms with Gasteiger partial charge < -0.3 is 14.6 Å². The van der Waals surface area contributed by atoms with Gasteiger partial charge in [-0.2, -0.15) is 0 Å². The van der Waals surface area contributed by atoms with Crippen molar-refractivity contribution in [3.63, 3.8) is 0 Å². The fourth-order valence-electron chi connectivity index (χ4n) is 3.67. The Bertz CT molecular complexity index is 426. The minimum absolute atomic E-state index is 0.406. The third-order valence-corrected chi connectivity index (χ3v) is 5.06. The molecule has 1 aromatic heterocycles. The van der Waals surface area contributed by atoms with Gasteiger partial charge in [0.1, 0.15) is 0 Å². The molecule has 2 aliphatic rings. The molecule has 0 unspecified atom stereocenters. The Kier molecular flexibility index (Phi) is 3.21. The van der Waals surface area contributed by atoms with E-state index in [1.165, 1.54) is 25.7 Å². The van der Waals surface area contributed by atoms with Crippen LogP contribution in [-0.4, -0.2) is 38.7 Å². The zero-order chi connectivity index (χ0) is 13.3. The average Bonchev–Trinajstić information content (AvgIpc) is 2.94. The van der Waals surface area contributed by atoms with Crippen LogP contribution in [0.2, 0.25) is 0 Å². The summed E-state index contributed by atoms with van der Waals surface area (Å²) in [5.74, 6) is 0. The molecule has 3 rings (SSSR count). The van der Waals surface area contributed by atoms with Crippen LogP contribution in [0.1, 0.15) is 44.6 Å². The van der Waals surface area contributed by atoms with Gasteiger partial charge >= 0.3 is 6.09 Å². The van der Waals surface area contributed by atoms with Crippen LogP contribution in [0.15, 0.2) is 18.7 Å². The summed E-state index contributed by atoms with van der Waals surface area (Å²) in [6.07, 6.45) is 12.0. The monoisotopic (exact) mass is 263 g/mol. The predicted molar refractivity (Wildman–Crippen MR) is 71.0 cm³/mol. The van der Waals surface area contributed by atoms with Crippen molar-refractivity contribution in [2.45, 2.75) is 44.6 Å². The second-order valence-electron chi connectivity index (χ2n) is 6.01. The lowest BCUT2D eigenvalue weighted by Crippen LogP contribution is -2.44. The second-order valence-corrected chi connectivity index (χ2v) is 6.01. The molecule has 5 nitrogen and oxygen atoms in total. The first kappa shape index (κ1) is 12.5. The highest BCUT2D eigenvalue weighted by Gasteiger charge is 2.39. The van der Waals surface area contributed by atoms with Gasteiger partial charge in [-0.1, -0.05) is 0 Å². The van der Waals surface area contributed by atoms with Gasteiger partial charge in [0.25, 0.3) is 0 Å². The number of imidazole rings is 1. The lowest BCUT2D eigenvalue weighted by atomic mass is 9.67. The van der Waals surface area contributed by atoms with Crippen molar-refractivity contribution in [3.8, 4) is 0 Å². The molecule has 1 N–H and O–H groups in total. The fraction of sp³-hybridized carbons (Fsp3) is 0.714. The minimum Gasteiger partial charge on any atom is -0.465 e. The van der Waals surface area contributed by atoms with Gasteiger partial charge in [0.15, 0.2) is 0 Å². The Morgan fingerprint density at radius 2 is 1.89 bits per heavy atom. The number of amides is 1. The molecule has 0 atom stereocenters. The van der Waals surface area contributed by atoms with Crippen LogP contribution in [-0.2, 0) is 0 Å². The molecular formula is C14H21N3O2. The normalized spacial score (nSPS) is 23.7. The molecule has 5 heteroatoms. The fourth-order valence-corrected chi connectivity index (χ4v) is 3.67. The van der Waals surface area contributed by atoms with Crippen LogP contribution < -0.4 is 0 Å². The number of likely N-dealkylation sites (tertiary alicyclic amines) is 1. The molecule has 1 amide bonds. The van der Waals surface area contributed by atoms with Gasteiger partial charge in [-0.15, -0.1) is 0 Å².